The van der Waals surface area contributed by atoms with E-state index in [0.717, 1.165) is 6.07 Å². The third kappa shape index (κ3) is 5.38. The maximum absolute atomic E-state index is 12.0. The predicted molar refractivity (Wildman–Crippen MR) is 107 cm³/mol. The molecule has 11 nitrogen and oxygen atoms in total. The molecule has 1 amide bonds. The van der Waals surface area contributed by atoms with Crippen molar-refractivity contribution in [2.24, 2.45) is 10.2 Å². The van der Waals surface area contributed by atoms with Crippen LogP contribution < -0.4 is 5.48 Å². The van der Waals surface area contributed by atoms with Gasteiger partial charge in [-0.15, -0.1) is 10.2 Å². The fourth-order valence-corrected chi connectivity index (χ4v) is 2.34. The quantitative estimate of drug-likeness (QED) is 0.303. The SMILES string of the molecule is O=C(ONc1ccc(N=NC(=O)c2ccc(O)cc2O)cc1)c1ccc([N+](=O)[O-])cc1. The minimum absolute atomic E-state index is 0.113. The summed E-state index contributed by atoms with van der Waals surface area (Å²) >= 11 is 0. The van der Waals surface area contributed by atoms with E-state index in [0.29, 0.717) is 11.4 Å². The summed E-state index contributed by atoms with van der Waals surface area (Å²) in [6.45, 7) is 0. The lowest BCUT2D eigenvalue weighted by Gasteiger charge is -2.06. The van der Waals surface area contributed by atoms with Crippen molar-refractivity contribution in [2.75, 3.05) is 5.48 Å². The zero-order valence-corrected chi connectivity index (χ0v) is 15.6. The number of nitrogens with one attached hydrogen (secondary N) is 1. The number of phenolic OH excluding ortho intramolecular Hbond substituents is 2. The van der Waals surface area contributed by atoms with Crippen molar-refractivity contribution in [3.63, 3.8) is 0 Å². The van der Waals surface area contributed by atoms with Gasteiger partial charge in [0, 0.05) is 18.2 Å². The molecule has 0 aliphatic rings. The van der Waals surface area contributed by atoms with Crippen LogP contribution in [0.4, 0.5) is 17.1 Å². The van der Waals surface area contributed by atoms with Gasteiger partial charge < -0.3 is 15.1 Å². The van der Waals surface area contributed by atoms with Crippen LogP contribution >= 0.6 is 0 Å². The number of benzene rings is 3. The van der Waals surface area contributed by atoms with Gasteiger partial charge in [-0.1, -0.05) is 0 Å². The summed E-state index contributed by atoms with van der Waals surface area (Å²) in [6, 6.07) is 14.4. The first-order valence-electron chi connectivity index (χ1n) is 8.63. The number of nitro benzene ring substituents is 1. The number of anilines is 1. The average Bonchev–Trinajstić information content (AvgIpc) is 2.76. The highest BCUT2D eigenvalue weighted by molar-refractivity contribution is 5.97. The van der Waals surface area contributed by atoms with E-state index in [9.17, 15) is 29.9 Å². The topological polar surface area (TPSA) is 164 Å². The molecular formula is C20H14N4O7. The van der Waals surface area contributed by atoms with Gasteiger partial charge in [0.25, 0.3) is 11.6 Å². The molecule has 0 spiro atoms. The van der Waals surface area contributed by atoms with Crippen LogP contribution in [0.3, 0.4) is 0 Å². The van der Waals surface area contributed by atoms with E-state index in [2.05, 4.69) is 15.7 Å². The fraction of sp³-hybridized carbons (Fsp3) is 0. The number of carbonyl (C=O) groups is 2. The summed E-state index contributed by atoms with van der Waals surface area (Å²) in [5.41, 5.74) is 3.02. The maximum Gasteiger partial charge on any atom is 0.362 e. The van der Waals surface area contributed by atoms with Gasteiger partial charge in [0.15, 0.2) is 0 Å². The van der Waals surface area contributed by atoms with Crippen molar-refractivity contribution in [1.82, 2.24) is 0 Å². The first-order chi connectivity index (χ1) is 14.8. The van der Waals surface area contributed by atoms with Gasteiger partial charge in [0.05, 0.1) is 27.4 Å². The Kier molecular flexibility index (Phi) is 6.16. The molecule has 0 unspecified atom stereocenters. The first-order valence-corrected chi connectivity index (χ1v) is 8.63. The Hall–Kier alpha value is -4.80. The molecule has 0 heterocycles. The second kappa shape index (κ2) is 9.13. The third-order valence-corrected chi connectivity index (χ3v) is 3.91. The van der Waals surface area contributed by atoms with Gasteiger partial charge in [0.2, 0.25) is 0 Å². The van der Waals surface area contributed by atoms with Crippen molar-refractivity contribution < 1.29 is 29.6 Å². The number of aromatic hydroxyl groups is 2. The maximum atomic E-state index is 12.0. The van der Waals surface area contributed by atoms with E-state index in [1.165, 1.54) is 60.7 Å². The molecule has 0 saturated heterocycles. The molecule has 0 atom stereocenters. The van der Waals surface area contributed by atoms with E-state index < -0.39 is 22.5 Å². The number of nitrogens with zero attached hydrogens (tertiary/aromatic N) is 3. The number of carbonyl (C=O) groups excluding carboxylic acids is 2. The number of non-ortho nitro benzene ring substituents is 1. The molecule has 0 aliphatic carbocycles. The molecule has 11 heteroatoms. The fourth-order valence-electron chi connectivity index (χ4n) is 2.34. The van der Waals surface area contributed by atoms with E-state index in [1.807, 2.05) is 0 Å². The summed E-state index contributed by atoms with van der Waals surface area (Å²) in [5.74, 6) is -2.14. The molecule has 0 aliphatic heterocycles. The molecule has 3 aromatic rings. The summed E-state index contributed by atoms with van der Waals surface area (Å²) < 4.78 is 0. The van der Waals surface area contributed by atoms with Crippen molar-refractivity contribution in [2.45, 2.75) is 0 Å². The van der Waals surface area contributed by atoms with Crippen LogP contribution in [0.2, 0.25) is 0 Å². The molecule has 0 bridgehead atoms. The van der Waals surface area contributed by atoms with E-state index >= 15 is 0 Å². The lowest BCUT2D eigenvalue weighted by atomic mass is 10.2. The Labute approximate surface area is 174 Å². The van der Waals surface area contributed by atoms with Crippen LogP contribution in [0.25, 0.3) is 0 Å². The van der Waals surface area contributed by atoms with Gasteiger partial charge in [-0.3, -0.25) is 14.9 Å². The van der Waals surface area contributed by atoms with Crippen LogP contribution in [0.15, 0.2) is 77.0 Å². The number of phenols is 2. The Morgan fingerprint density at radius 1 is 0.968 bits per heavy atom. The van der Waals surface area contributed by atoms with Gasteiger partial charge in [-0.2, -0.15) is 0 Å². The smallest absolute Gasteiger partial charge is 0.362 e. The lowest BCUT2D eigenvalue weighted by molar-refractivity contribution is -0.384. The molecule has 3 rings (SSSR count). The van der Waals surface area contributed by atoms with Crippen molar-refractivity contribution in [3.05, 3.63) is 88.0 Å². The second-order valence-corrected chi connectivity index (χ2v) is 6.05. The van der Waals surface area contributed by atoms with Crippen molar-refractivity contribution in [1.29, 1.82) is 0 Å². The third-order valence-electron chi connectivity index (χ3n) is 3.91. The minimum Gasteiger partial charge on any atom is -0.508 e. The summed E-state index contributed by atoms with van der Waals surface area (Å²) in [7, 11) is 0. The average molecular weight is 422 g/mol. The summed E-state index contributed by atoms with van der Waals surface area (Å²) in [6.07, 6.45) is 0. The zero-order valence-electron chi connectivity index (χ0n) is 15.6. The molecule has 31 heavy (non-hydrogen) atoms. The standard InChI is InChI=1S/C20H14N4O7/c25-16-9-10-17(18(26)11-16)19(27)22-21-13-3-5-14(6-4-13)23-31-20(28)12-1-7-15(8-2-12)24(29)30/h1-11,23,25-26H. The Bertz CT molecular complexity index is 1160. The number of nitro groups is 1. The number of hydrogen-bond acceptors (Lipinski definition) is 9. The minimum atomic E-state index is -0.795. The van der Waals surface area contributed by atoms with Crippen LogP contribution in [-0.4, -0.2) is 27.0 Å². The number of azo groups is 1. The van der Waals surface area contributed by atoms with Crippen LogP contribution in [0.5, 0.6) is 11.5 Å². The highest BCUT2D eigenvalue weighted by Gasteiger charge is 2.12. The molecular weight excluding hydrogens is 408 g/mol. The molecule has 3 aromatic carbocycles. The molecule has 0 saturated carbocycles. The molecule has 156 valence electrons. The van der Waals surface area contributed by atoms with Gasteiger partial charge in [-0.05, 0) is 48.5 Å². The molecule has 0 aromatic heterocycles. The Morgan fingerprint density at radius 3 is 2.26 bits per heavy atom. The van der Waals surface area contributed by atoms with Crippen LogP contribution in [0, 0.1) is 10.1 Å². The zero-order chi connectivity index (χ0) is 22.4. The van der Waals surface area contributed by atoms with Gasteiger partial charge in [-0.25, -0.2) is 10.3 Å². The normalized spacial score (nSPS) is 10.6. The number of hydrogen-bond donors (Lipinski definition) is 3. The largest absolute Gasteiger partial charge is 0.508 e. The van der Waals surface area contributed by atoms with Gasteiger partial charge >= 0.3 is 5.97 Å². The van der Waals surface area contributed by atoms with E-state index in [-0.39, 0.29) is 22.6 Å². The highest BCUT2D eigenvalue weighted by Crippen LogP contribution is 2.24. The molecule has 0 fully saturated rings. The number of amides is 1. The van der Waals surface area contributed by atoms with Crippen molar-refractivity contribution in [3.8, 4) is 11.5 Å². The highest BCUT2D eigenvalue weighted by atomic mass is 16.7. The Balaban J connectivity index is 1.57. The monoisotopic (exact) mass is 422 g/mol. The van der Waals surface area contributed by atoms with E-state index in [4.69, 9.17) is 4.84 Å². The Morgan fingerprint density at radius 2 is 1.65 bits per heavy atom. The molecule has 3 N–H and O–H groups in total. The number of rotatable bonds is 6. The van der Waals surface area contributed by atoms with Crippen LogP contribution in [-0.2, 0) is 4.84 Å². The predicted octanol–water partition coefficient (Wildman–Crippen LogP) is 4.11. The summed E-state index contributed by atoms with van der Waals surface area (Å²) in [4.78, 5) is 38.9. The summed E-state index contributed by atoms with van der Waals surface area (Å²) in [5, 5.41) is 36.8. The second-order valence-electron chi connectivity index (χ2n) is 6.05. The lowest BCUT2D eigenvalue weighted by Crippen LogP contribution is -2.10. The van der Waals surface area contributed by atoms with Gasteiger partial charge in [0.1, 0.15) is 11.5 Å². The first kappa shape index (κ1) is 20.9. The van der Waals surface area contributed by atoms with Crippen molar-refractivity contribution >= 4 is 28.9 Å². The molecule has 0 radical (unpaired) electrons. The van der Waals surface area contributed by atoms with E-state index in [1.54, 1.807) is 0 Å². The van der Waals surface area contributed by atoms with Crippen LogP contribution in [0.1, 0.15) is 20.7 Å².